The fourth-order valence-electron chi connectivity index (χ4n) is 4.06. The van der Waals surface area contributed by atoms with Crippen LogP contribution in [0.1, 0.15) is 23.4 Å². The van der Waals surface area contributed by atoms with Crippen molar-refractivity contribution in [2.75, 3.05) is 13.1 Å². The SMILES string of the molecule is Cn1cnnc1CN1CC[C@](NC(=O)Cc2ccncc2)(c2ccccc2)[C@H](O)C1. The van der Waals surface area contributed by atoms with Gasteiger partial charge in [0.05, 0.1) is 24.6 Å². The number of amides is 1. The van der Waals surface area contributed by atoms with Gasteiger partial charge in [0.1, 0.15) is 12.2 Å². The zero-order chi connectivity index (χ0) is 21.0. The molecule has 1 aliphatic heterocycles. The Hall–Kier alpha value is -3.10. The fourth-order valence-corrected chi connectivity index (χ4v) is 4.06. The fraction of sp³-hybridized carbons (Fsp3) is 0.364. The molecule has 1 aliphatic rings. The van der Waals surface area contributed by atoms with Gasteiger partial charge in [0.25, 0.3) is 0 Å². The highest BCUT2D eigenvalue weighted by Gasteiger charge is 2.44. The Morgan fingerprint density at radius 3 is 2.67 bits per heavy atom. The number of hydrogen-bond donors (Lipinski definition) is 2. The van der Waals surface area contributed by atoms with Crippen LogP contribution in [0, 0.1) is 0 Å². The third kappa shape index (κ3) is 4.24. The van der Waals surface area contributed by atoms with Crippen LogP contribution in [0.3, 0.4) is 0 Å². The number of aliphatic hydroxyl groups is 1. The molecule has 8 heteroatoms. The Morgan fingerprint density at radius 1 is 1.23 bits per heavy atom. The average molecular weight is 406 g/mol. The van der Waals surface area contributed by atoms with Crippen molar-refractivity contribution in [2.24, 2.45) is 7.05 Å². The lowest BCUT2D eigenvalue weighted by Crippen LogP contribution is -2.62. The van der Waals surface area contributed by atoms with Crippen molar-refractivity contribution in [1.82, 2.24) is 30.0 Å². The van der Waals surface area contributed by atoms with Gasteiger partial charge in [-0.2, -0.15) is 0 Å². The van der Waals surface area contributed by atoms with Crippen LogP contribution in [-0.2, 0) is 30.3 Å². The maximum Gasteiger partial charge on any atom is 0.225 e. The van der Waals surface area contributed by atoms with E-state index in [1.807, 2.05) is 54.1 Å². The minimum Gasteiger partial charge on any atom is -0.389 e. The Bertz CT molecular complexity index is 978. The molecule has 2 atom stereocenters. The predicted octanol–water partition coefficient (Wildman–Crippen LogP) is 1.03. The largest absolute Gasteiger partial charge is 0.389 e. The highest BCUT2D eigenvalue weighted by molar-refractivity contribution is 5.79. The molecule has 8 nitrogen and oxygen atoms in total. The van der Waals surface area contributed by atoms with E-state index < -0.39 is 11.6 Å². The van der Waals surface area contributed by atoms with Gasteiger partial charge in [-0.15, -0.1) is 10.2 Å². The van der Waals surface area contributed by atoms with E-state index in [1.54, 1.807) is 18.7 Å². The van der Waals surface area contributed by atoms with Crippen LogP contribution in [0.5, 0.6) is 0 Å². The number of aliphatic hydroxyl groups excluding tert-OH is 1. The van der Waals surface area contributed by atoms with Gasteiger partial charge in [0.2, 0.25) is 5.91 Å². The molecular weight excluding hydrogens is 380 g/mol. The number of aryl methyl sites for hydroxylation is 1. The number of piperidine rings is 1. The number of benzene rings is 1. The molecule has 2 N–H and O–H groups in total. The van der Waals surface area contributed by atoms with Gasteiger partial charge in [0.15, 0.2) is 0 Å². The molecule has 0 aliphatic carbocycles. The van der Waals surface area contributed by atoms with Crippen LogP contribution in [0.15, 0.2) is 61.2 Å². The normalized spacial score (nSPS) is 22.0. The summed E-state index contributed by atoms with van der Waals surface area (Å²) in [6.45, 7) is 1.75. The number of nitrogens with one attached hydrogen (secondary N) is 1. The quantitative estimate of drug-likeness (QED) is 0.635. The molecule has 2 aromatic heterocycles. The van der Waals surface area contributed by atoms with Crippen molar-refractivity contribution in [3.63, 3.8) is 0 Å². The van der Waals surface area contributed by atoms with Crippen LogP contribution in [-0.4, -0.2) is 54.9 Å². The van der Waals surface area contributed by atoms with Crippen molar-refractivity contribution in [1.29, 1.82) is 0 Å². The molecular formula is C22H26N6O2. The molecule has 1 amide bonds. The summed E-state index contributed by atoms with van der Waals surface area (Å²) in [6, 6.07) is 13.4. The molecule has 0 unspecified atom stereocenters. The first-order valence-corrected chi connectivity index (χ1v) is 10.1. The third-order valence-corrected chi connectivity index (χ3v) is 5.76. The van der Waals surface area contributed by atoms with Gasteiger partial charge in [0, 0.05) is 32.5 Å². The summed E-state index contributed by atoms with van der Waals surface area (Å²) in [5, 5.41) is 22.5. The lowest BCUT2D eigenvalue weighted by molar-refractivity contribution is -0.126. The molecule has 1 fully saturated rings. The van der Waals surface area contributed by atoms with Crippen LogP contribution >= 0.6 is 0 Å². The zero-order valence-corrected chi connectivity index (χ0v) is 17.0. The van der Waals surface area contributed by atoms with E-state index in [0.717, 1.165) is 17.0 Å². The van der Waals surface area contributed by atoms with Crippen LogP contribution < -0.4 is 5.32 Å². The molecule has 30 heavy (non-hydrogen) atoms. The van der Waals surface area contributed by atoms with Crippen molar-refractivity contribution >= 4 is 5.91 Å². The summed E-state index contributed by atoms with van der Waals surface area (Å²) in [7, 11) is 1.91. The lowest BCUT2D eigenvalue weighted by Gasteiger charge is -2.46. The third-order valence-electron chi connectivity index (χ3n) is 5.76. The highest BCUT2D eigenvalue weighted by atomic mass is 16.3. The first kappa shape index (κ1) is 20.2. The van der Waals surface area contributed by atoms with Crippen LogP contribution in [0.4, 0.5) is 0 Å². The van der Waals surface area contributed by atoms with Crippen LogP contribution in [0.25, 0.3) is 0 Å². The number of carbonyl (C=O) groups excluding carboxylic acids is 1. The Kier molecular flexibility index (Phi) is 5.87. The zero-order valence-electron chi connectivity index (χ0n) is 17.0. The molecule has 0 radical (unpaired) electrons. The summed E-state index contributed by atoms with van der Waals surface area (Å²) < 4.78 is 1.88. The maximum absolute atomic E-state index is 12.9. The average Bonchev–Trinajstić information content (AvgIpc) is 3.16. The predicted molar refractivity (Wildman–Crippen MR) is 111 cm³/mol. The first-order valence-electron chi connectivity index (χ1n) is 10.1. The number of β-amino-alcohol motifs (C(OH)–C–C–N with tert-alkyl or cyclic N) is 1. The van der Waals surface area contributed by atoms with E-state index in [2.05, 4.69) is 25.4 Å². The summed E-state index contributed by atoms with van der Waals surface area (Å²) in [4.78, 5) is 19.1. The standard InChI is InChI=1S/C22H26N6O2/c1-27-16-24-26-20(27)15-28-12-9-22(19(29)14-28,18-5-3-2-4-6-18)25-21(30)13-17-7-10-23-11-8-17/h2-8,10-11,16,19,29H,9,12-15H2,1H3,(H,25,30)/t19-,22+/m1/s1. The van der Waals surface area contributed by atoms with E-state index in [-0.39, 0.29) is 12.3 Å². The minimum absolute atomic E-state index is 0.120. The summed E-state index contributed by atoms with van der Waals surface area (Å²) >= 11 is 0. The molecule has 3 heterocycles. The lowest BCUT2D eigenvalue weighted by atomic mass is 9.78. The van der Waals surface area contributed by atoms with Crippen molar-refractivity contribution in [3.8, 4) is 0 Å². The smallest absolute Gasteiger partial charge is 0.225 e. The first-order chi connectivity index (χ1) is 14.6. The summed E-state index contributed by atoms with van der Waals surface area (Å²) in [5.41, 5.74) is 0.973. The number of nitrogens with zero attached hydrogens (tertiary/aromatic N) is 5. The molecule has 3 aromatic rings. The maximum atomic E-state index is 12.9. The van der Waals surface area contributed by atoms with Gasteiger partial charge in [-0.1, -0.05) is 30.3 Å². The number of aromatic nitrogens is 4. The molecule has 0 spiro atoms. The van der Waals surface area contributed by atoms with Crippen molar-refractivity contribution < 1.29 is 9.90 Å². The summed E-state index contributed by atoms with van der Waals surface area (Å²) in [5.74, 6) is 0.724. The summed E-state index contributed by atoms with van der Waals surface area (Å²) in [6.07, 6.45) is 5.10. The molecule has 0 saturated carbocycles. The van der Waals surface area contributed by atoms with Crippen molar-refractivity contribution in [3.05, 3.63) is 78.1 Å². The monoisotopic (exact) mass is 406 g/mol. The number of hydrogen-bond acceptors (Lipinski definition) is 6. The van der Waals surface area contributed by atoms with E-state index in [4.69, 9.17) is 0 Å². The van der Waals surface area contributed by atoms with Crippen molar-refractivity contribution in [2.45, 2.75) is 31.0 Å². The van der Waals surface area contributed by atoms with E-state index in [9.17, 15) is 9.90 Å². The Balaban J connectivity index is 1.53. The van der Waals surface area contributed by atoms with Gasteiger partial charge < -0.3 is 15.0 Å². The Labute approximate surface area is 175 Å². The second kappa shape index (κ2) is 8.73. The van der Waals surface area contributed by atoms with E-state index in [1.165, 1.54) is 0 Å². The number of rotatable bonds is 6. The molecule has 1 aromatic carbocycles. The van der Waals surface area contributed by atoms with Gasteiger partial charge in [-0.05, 0) is 29.7 Å². The second-order valence-electron chi connectivity index (χ2n) is 7.78. The number of pyridine rings is 1. The van der Waals surface area contributed by atoms with Gasteiger partial charge in [-0.25, -0.2) is 0 Å². The van der Waals surface area contributed by atoms with Gasteiger partial charge >= 0.3 is 0 Å². The molecule has 0 bridgehead atoms. The van der Waals surface area contributed by atoms with E-state index >= 15 is 0 Å². The van der Waals surface area contributed by atoms with Crippen LogP contribution in [0.2, 0.25) is 0 Å². The highest BCUT2D eigenvalue weighted by Crippen LogP contribution is 2.34. The van der Waals surface area contributed by atoms with Gasteiger partial charge in [-0.3, -0.25) is 14.7 Å². The number of carbonyl (C=O) groups is 1. The minimum atomic E-state index is -0.832. The molecule has 4 rings (SSSR count). The molecule has 1 saturated heterocycles. The second-order valence-corrected chi connectivity index (χ2v) is 7.78. The Morgan fingerprint density at radius 2 is 2.00 bits per heavy atom. The molecule has 156 valence electrons. The van der Waals surface area contributed by atoms with E-state index in [0.29, 0.717) is 26.1 Å². The topological polar surface area (TPSA) is 96.2 Å². The number of likely N-dealkylation sites (tertiary alicyclic amines) is 1.